The number of hydrogen-bond acceptors (Lipinski definition) is 2. The summed E-state index contributed by atoms with van der Waals surface area (Å²) in [5.41, 5.74) is 0.492. The molecule has 0 bridgehead atoms. The van der Waals surface area contributed by atoms with Crippen LogP contribution in [0.5, 0.6) is 0 Å². The molecule has 0 aliphatic rings. The van der Waals surface area contributed by atoms with Gasteiger partial charge in [0.1, 0.15) is 5.82 Å². The highest BCUT2D eigenvalue weighted by atomic mass is 79.9. The van der Waals surface area contributed by atoms with E-state index in [1.807, 2.05) is 17.5 Å². The van der Waals surface area contributed by atoms with Gasteiger partial charge in [0.25, 0.3) is 0 Å². The van der Waals surface area contributed by atoms with E-state index in [0.717, 1.165) is 10.1 Å². The standard InChI is InChI=1S/C10H5BrFNS/c11-8-5-6-2-4-14-10(6)7(1-3-13)9(8)12/h2,4-5H,1H2. The molecule has 0 amide bonds. The van der Waals surface area contributed by atoms with E-state index in [0.29, 0.717) is 10.0 Å². The van der Waals surface area contributed by atoms with Gasteiger partial charge in [-0.2, -0.15) is 5.26 Å². The molecule has 0 saturated heterocycles. The van der Waals surface area contributed by atoms with E-state index in [9.17, 15) is 4.39 Å². The normalized spacial score (nSPS) is 10.4. The highest BCUT2D eigenvalue weighted by Gasteiger charge is 2.12. The SMILES string of the molecule is N#CCc1c(F)c(Br)cc2ccsc12. The van der Waals surface area contributed by atoms with Gasteiger partial charge in [-0.25, -0.2) is 4.39 Å². The minimum atomic E-state index is -0.318. The molecule has 1 heterocycles. The van der Waals surface area contributed by atoms with E-state index in [4.69, 9.17) is 5.26 Å². The van der Waals surface area contributed by atoms with Crippen LogP contribution in [-0.4, -0.2) is 0 Å². The van der Waals surface area contributed by atoms with Crippen LogP contribution in [0.25, 0.3) is 10.1 Å². The van der Waals surface area contributed by atoms with Crippen LogP contribution < -0.4 is 0 Å². The molecule has 70 valence electrons. The highest BCUT2D eigenvalue weighted by Crippen LogP contribution is 2.32. The van der Waals surface area contributed by atoms with Crippen LogP contribution in [0.3, 0.4) is 0 Å². The Hall–Kier alpha value is -0.920. The average molecular weight is 270 g/mol. The van der Waals surface area contributed by atoms with Gasteiger partial charge in [0.15, 0.2) is 0 Å². The maximum absolute atomic E-state index is 13.6. The molecule has 0 unspecified atom stereocenters. The predicted molar refractivity (Wildman–Crippen MR) is 58.8 cm³/mol. The topological polar surface area (TPSA) is 23.8 Å². The zero-order chi connectivity index (χ0) is 10.1. The summed E-state index contributed by atoms with van der Waals surface area (Å²) in [5.74, 6) is -0.318. The Morgan fingerprint density at radius 1 is 1.57 bits per heavy atom. The molecule has 2 aromatic rings. The number of benzene rings is 1. The van der Waals surface area contributed by atoms with E-state index in [-0.39, 0.29) is 12.2 Å². The molecule has 0 aliphatic heterocycles. The first-order valence-electron chi connectivity index (χ1n) is 3.95. The summed E-state index contributed by atoms with van der Waals surface area (Å²) in [5, 5.41) is 11.5. The van der Waals surface area contributed by atoms with Crippen molar-refractivity contribution in [1.29, 1.82) is 5.26 Å². The molecular weight excluding hydrogens is 265 g/mol. The van der Waals surface area contributed by atoms with Gasteiger partial charge in [0, 0.05) is 10.3 Å². The Bertz CT molecular complexity index is 527. The van der Waals surface area contributed by atoms with E-state index in [1.54, 1.807) is 6.07 Å². The third-order valence-corrected chi connectivity index (χ3v) is 3.55. The third kappa shape index (κ3) is 1.43. The number of thiophene rings is 1. The largest absolute Gasteiger partial charge is 0.205 e. The number of nitrogens with zero attached hydrogens (tertiary/aromatic N) is 1. The number of rotatable bonds is 1. The Kier molecular flexibility index (Phi) is 2.53. The molecule has 14 heavy (non-hydrogen) atoms. The summed E-state index contributed by atoms with van der Waals surface area (Å²) in [6.07, 6.45) is 0.113. The number of halogens is 2. The lowest BCUT2D eigenvalue weighted by atomic mass is 10.1. The Labute approximate surface area is 92.9 Å². The molecule has 0 atom stereocenters. The lowest BCUT2D eigenvalue weighted by Gasteiger charge is -2.02. The molecule has 0 fully saturated rings. The van der Waals surface area contributed by atoms with Gasteiger partial charge in [-0.15, -0.1) is 11.3 Å². The van der Waals surface area contributed by atoms with Crippen LogP contribution in [-0.2, 0) is 6.42 Å². The summed E-state index contributed by atoms with van der Waals surface area (Å²) in [6.45, 7) is 0. The van der Waals surface area contributed by atoms with Crippen molar-refractivity contribution >= 4 is 37.4 Å². The van der Waals surface area contributed by atoms with Crippen molar-refractivity contribution in [3.05, 3.63) is 33.4 Å². The van der Waals surface area contributed by atoms with Crippen LogP contribution >= 0.6 is 27.3 Å². The van der Waals surface area contributed by atoms with Crippen molar-refractivity contribution < 1.29 is 4.39 Å². The maximum Gasteiger partial charge on any atom is 0.143 e. The van der Waals surface area contributed by atoms with Crippen molar-refractivity contribution in [2.45, 2.75) is 6.42 Å². The van der Waals surface area contributed by atoms with E-state index < -0.39 is 0 Å². The fraction of sp³-hybridized carbons (Fsp3) is 0.100. The van der Waals surface area contributed by atoms with Crippen LogP contribution in [0.4, 0.5) is 4.39 Å². The van der Waals surface area contributed by atoms with E-state index >= 15 is 0 Å². The lowest BCUT2D eigenvalue weighted by molar-refractivity contribution is 0.611. The van der Waals surface area contributed by atoms with Gasteiger partial charge in [-0.3, -0.25) is 0 Å². The van der Waals surface area contributed by atoms with Crippen LogP contribution in [0.2, 0.25) is 0 Å². The summed E-state index contributed by atoms with van der Waals surface area (Å²) < 4.78 is 14.9. The maximum atomic E-state index is 13.6. The minimum absolute atomic E-state index is 0.113. The second-order valence-corrected chi connectivity index (χ2v) is 4.60. The molecule has 4 heteroatoms. The van der Waals surface area contributed by atoms with E-state index in [1.165, 1.54) is 11.3 Å². The van der Waals surface area contributed by atoms with Crippen LogP contribution in [0.1, 0.15) is 5.56 Å². The zero-order valence-electron chi connectivity index (χ0n) is 7.05. The molecule has 1 aromatic carbocycles. The summed E-state index contributed by atoms with van der Waals surface area (Å²) in [6, 6.07) is 5.64. The van der Waals surface area contributed by atoms with Crippen LogP contribution in [0, 0.1) is 17.1 Å². The molecule has 1 nitrogen and oxygen atoms in total. The van der Waals surface area contributed by atoms with Crippen molar-refractivity contribution in [3.8, 4) is 6.07 Å². The molecule has 0 spiro atoms. The monoisotopic (exact) mass is 269 g/mol. The molecular formula is C10H5BrFNS. The van der Waals surface area contributed by atoms with Crippen molar-refractivity contribution in [3.63, 3.8) is 0 Å². The Morgan fingerprint density at radius 3 is 3.07 bits per heavy atom. The quantitative estimate of drug-likeness (QED) is 0.771. The molecule has 0 N–H and O–H groups in total. The Morgan fingerprint density at radius 2 is 2.36 bits per heavy atom. The average Bonchev–Trinajstić information content (AvgIpc) is 2.60. The second kappa shape index (κ2) is 3.68. The molecule has 0 saturated carbocycles. The first-order valence-corrected chi connectivity index (χ1v) is 5.62. The first kappa shape index (κ1) is 9.63. The molecule has 2 rings (SSSR count). The summed E-state index contributed by atoms with van der Waals surface area (Å²) in [4.78, 5) is 0. The third-order valence-electron chi connectivity index (χ3n) is 1.98. The fourth-order valence-electron chi connectivity index (χ4n) is 1.36. The van der Waals surface area contributed by atoms with Gasteiger partial charge in [0.05, 0.1) is 17.0 Å². The highest BCUT2D eigenvalue weighted by molar-refractivity contribution is 9.10. The van der Waals surface area contributed by atoms with Gasteiger partial charge < -0.3 is 0 Å². The summed E-state index contributed by atoms with van der Waals surface area (Å²) >= 11 is 4.61. The van der Waals surface area contributed by atoms with Gasteiger partial charge in [-0.1, -0.05) is 0 Å². The van der Waals surface area contributed by atoms with Crippen molar-refractivity contribution in [2.75, 3.05) is 0 Å². The van der Waals surface area contributed by atoms with Crippen molar-refractivity contribution in [1.82, 2.24) is 0 Å². The van der Waals surface area contributed by atoms with E-state index in [2.05, 4.69) is 15.9 Å². The smallest absolute Gasteiger partial charge is 0.143 e. The Balaban J connectivity index is 2.81. The lowest BCUT2D eigenvalue weighted by Crippen LogP contribution is -1.90. The minimum Gasteiger partial charge on any atom is -0.205 e. The van der Waals surface area contributed by atoms with Gasteiger partial charge >= 0.3 is 0 Å². The fourth-order valence-corrected chi connectivity index (χ4v) is 2.76. The zero-order valence-corrected chi connectivity index (χ0v) is 9.45. The first-order chi connectivity index (χ1) is 6.74. The number of fused-ring (bicyclic) bond motifs is 1. The number of hydrogen-bond donors (Lipinski definition) is 0. The van der Waals surface area contributed by atoms with Crippen LogP contribution in [0.15, 0.2) is 22.0 Å². The second-order valence-electron chi connectivity index (χ2n) is 2.82. The van der Waals surface area contributed by atoms with Gasteiger partial charge in [-0.05, 0) is 38.8 Å². The molecule has 1 aromatic heterocycles. The molecule has 0 radical (unpaired) electrons. The number of nitriles is 1. The molecule has 0 aliphatic carbocycles. The van der Waals surface area contributed by atoms with Gasteiger partial charge in [0.2, 0.25) is 0 Å². The van der Waals surface area contributed by atoms with Crippen molar-refractivity contribution in [2.24, 2.45) is 0 Å². The predicted octanol–water partition coefficient (Wildman–Crippen LogP) is 3.87. The summed E-state index contributed by atoms with van der Waals surface area (Å²) in [7, 11) is 0.